The van der Waals surface area contributed by atoms with Gasteiger partial charge < -0.3 is 10.1 Å². The number of hydrogen-bond acceptors (Lipinski definition) is 6. The van der Waals surface area contributed by atoms with Crippen LogP contribution < -0.4 is 5.32 Å². The van der Waals surface area contributed by atoms with E-state index in [0.717, 1.165) is 0 Å². The molecule has 0 saturated carbocycles. The molecule has 0 aliphatic carbocycles. The molecule has 0 aliphatic heterocycles. The summed E-state index contributed by atoms with van der Waals surface area (Å²) in [6.45, 7) is 3.77. The first-order valence-electron chi connectivity index (χ1n) is 5.42. The molecule has 1 aromatic rings. The number of aryl methyl sites for hydroxylation is 1. The van der Waals surface area contributed by atoms with Crippen LogP contribution in [0.1, 0.15) is 22.3 Å². The summed E-state index contributed by atoms with van der Waals surface area (Å²) in [5.41, 5.74) is -4.02. The van der Waals surface area contributed by atoms with Crippen molar-refractivity contribution >= 4 is 34.2 Å². The van der Waals surface area contributed by atoms with Gasteiger partial charge in [0.2, 0.25) is 0 Å². The van der Waals surface area contributed by atoms with E-state index in [1.165, 1.54) is 11.3 Å². The molecule has 0 bridgehead atoms. The minimum atomic E-state index is -4.23. The highest BCUT2D eigenvalue weighted by Gasteiger charge is 2.27. The molecule has 0 aromatic carbocycles. The number of halogens is 3. The maximum Gasteiger partial charge on any atom is 0.441 e. The van der Waals surface area contributed by atoms with Crippen LogP contribution in [0.15, 0.2) is 0 Å². The van der Waals surface area contributed by atoms with Gasteiger partial charge in [-0.1, -0.05) is 0 Å². The molecule has 0 spiro atoms. The van der Waals surface area contributed by atoms with Crippen LogP contribution in [-0.2, 0) is 4.74 Å². The molecule has 19 heavy (non-hydrogen) atoms. The number of thioether (sulfide) groups is 1. The largest absolute Gasteiger partial charge is 0.461 e. The number of nitrogens with one attached hydrogen (secondary N) is 1. The summed E-state index contributed by atoms with van der Waals surface area (Å²) in [4.78, 5) is 16.2. The standard InChI is InChI=1S/C10H13F3N2O2S2/c1-3-17-8(16)7-6(2)19-9(15-7)14-4-5-18-10(11,12)13/h3-5H2,1-2H3,(H,14,15). The molecule has 0 radical (unpaired) electrons. The second kappa shape index (κ2) is 6.99. The Morgan fingerprint density at radius 3 is 2.79 bits per heavy atom. The van der Waals surface area contributed by atoms with E-state index in [0.29, 0.717) is 10.0 Å². The number of carbonyl (C=O) groups excluding carboxylic acids is 1. The summed E-state index contributed by atoms with van der Waals surface area (Å²) in [7, 11) is 0. The van der Waals surface area contributed by atoms with Crippen molar-refractivity contribution in [3.63, 3.8) is 0 Å². The quantitative estimate of drug-likeness (QED) is 0.645. The minimum Gasteiger partial charge on any atom is -0.461 e. The van der Waals surface area contributed by atoms with Gasteiger partial charge >= 0.3 is 11.5 Å². The molecule has 0 fully saturated rings. The lowest BCUT2D eigenvalue weighted by molar-refractivity contribution is -0.0327. The van der Waals surface area contributed by atoms with Gasteiger partial charge in [0, 0.05) is 17.2 Å². The Morgan fingerprint density at radius 1 is 1.53 bits per heavy atom. The number of carbonyl (C=O) groups is 1. The van der Waals surface area contributed by atoms with Gasteiger partial charge in [0.05, 0.1) is 6.61 Å². The summed E-state index contributed by atoms with van der Waals surface area (Å²) < 4.78 is 40.5. The predicted molar refractivity (Wildman–Crippen MR) is 69.8 cm³/mol. The third-order valence-electron chi connectivity index (χ3n) is 1.91. The van der Waals surface area contributed by atoms with E-state index < -0.39 is 11.5 Å². The smallest absolute Gasteiger partial charge is 0.441 e. The lowest BCUT2D eigenvalue weighted by Crippen LogP contribution is -2.10. The van der Waals surface area contributed by atoms with Crippen molar-refractivity contribution in [3.8, 4) is 0 Å². The fourth-order valence-corrected chi connectivity index (χ4v) is 2.45. The number of nitrogens with zero attached hydrogens (tertiary/aromatic N) is 1. The summed E-state index contributed by atoms with van der Waals surface area (Å²) in [5, 5.41) is 3.17. The average Bonchev–Trinajstić information content (AvgIpc) is 2.65. The molecule has 1 heterocycles. The number of thiazole rings is 1. The number of rotatable bonds is 6. The number of aromatic nitrogens is 1. The molecule has 0 aliphatic rings. The first-order valence-corrected chi connectivity index (χ1v) is 7.22. The van der Waals surface area contributed by atoms with Gasteiger partial charge in [0.25, 0.3) is 0 Å². The Hall–Kier alpha value is -0.960. The van der Waals surface area contributed by atoms with Crippen LogP contribution in [0.5, 0.6) is 0 Å². The van der Waals surface area contributed by atoms with E-state index >= 15 is 0 Å². The lowest BCUT2D eigenvalue weighted by atomic mass is 10.4. The summed E-state index contributed by atoms with van der Waals surface area (Å²) >= 11 is 1.11. The van der Waals surface area contributed by atoms with Crippen LogP contribution >= 0.6 is 23.1 Å². The van der Waals surface area contributed by atoms with Gasteiger partial charge in [0.15, 0.2) is 10.8 Å². The summed E-state index contributed by atoms with van der Waals surface area (Å²) in [6.07, 6.45) is 0. The highest BCUT2D eigenvalue weighted by atomic mass is 32.2. The zero-order valence-electron chi connectivity index (χ0n) is 10.3. The number of alkyl halides is 3. The Bertz CT molecular complexity index is 435. The van der Waals surface area contributed by atoms with Crippen molar-refractivity contribution in [3.05, 3.63) is 10.6 Å². The van der Waals surface area contributed by atoms with Crippen molar-refractivity contribution in [1.29, 1.82) is 0 Å². The van der Waals surface area contributed by atoms with Gasteiger partial charge in [-0.2, -0.15) is 13.2 Å². The molecule has 0 unspecified atom stereocenters. The normalized spacial score (nSPS) is 11.4. The second-order valence-corrected chi connectivity index (χ2v) is 5.73. The maximum absolute atomic E-state index is 11.9. The van der Waals surface area contributed by atoms with Gasteiger partial charge in [0.1, 0.15) is 0 Å². The maximum atomic E-state index is 11.9. The van der Waals surface area contributed by atoms with E-state index in [-0.39, 0.29) is 36.4 Å². The monoisotopic (exact) mass is 314 g/mol. The lowest BCUT2D eigenvalue weighted by Gasteiger charge is -2.05. The fourth-order valence-electron chi connectivity index (χ4n) is 1.19. The van der Waals surface area contributed by atoms with Crippen molar-refractivity contribution in [1.82, 2.24) is 4.98 Å². The molecule has 9 heteroatoms. The Kier molecular flexibility index (Phi) is 5.92. The third-order valence-corrected chi connectivity index (χ3v) is 3.57. The fraction of sp³-hybridized carbons (Fsp3) is 0.600. The van der Waals surface area contributed by atoms with Gasteiger partial charge in [-0.15, -0.1) is 11.3 Å². The molecular weight excluding hydrogens is 301 g/mol. The Balaban J connectivity index is 2.48. The van der Waals surface area contributed by atoms with Crippen molar-refractivity contribution in [2.24, 2.45) is 0 Å². The van der Waals surface area contributed by atoms with Crippen LogP contribution in [0.4, 0.5) is 18.3 Å². The third kappa shape index (κ3) is 5.68. The molecule has 108 valence electrons. The number of ether oxygens (including phenoxy) is 1. The van der Waals surface area contributed by atoms with Crippen LogP contribution in [0, 0.1) is 6.92 Å². The number of hydrogen-bond donors (Lipinski definition) is 1. The first kappa shape index (κ1) is 16.1. The summed E-state index contributed by atoms with van der Waals surface area (Å²) in [6, 6.07) is 0. The molecule has 1 rings (SSSR count). The topological polar surface area (TPSA) is 51.2 Å². The second-order valence-electron chi connectivity index (χ2n) is 3.37. The zero-order valence-corrected chi connectivity index (χ0v) is 12.0. The van der Waals surface area contributed by atoms with Gasteiger partial charge in [-0.25, -0.2) is 9.78 Å². The molecule has 0 amide bonds. The van der Waals surface area contributed by atoms with Crippen LogP contribution in [0.25, 0.3) is 0 Å². The van der Waals surface area contributed by atoms with Crippen molar-refractivity contribution in [2.45, 2.75) is 19.4 Å². The van der Waals surface area contributed by atoms with E-state index in [1.54, 1.807) is 13.8 Å². The van der Waals surface area contributed by atoms with E-state index in [9.17, 15) is 18.0 Å². The molecule has 0 atom stereocenters. The predicted octanol–water partition coefficient (Wildman–Crippen LogP) is 3.29. The first-order chi connectivity index (χ1) is 8.83. The molecule has 1 N–H and O–H groups in total. The SMILES string of the molecule is CCOC(=O)c1nc(NCCSC(F)(F)F)sc1C. The summed E-state index contributed by atoms with van der Waals surface area (Å²) in [5.74, 6) is -0.634. The van der Waals surface area contributed by atoms with E-state index in [2.05, 4.69) is 10.3 Å². The minimum absolute atomic E-state index is 0.0990. The van der Waals surface area contributed by atoms with Crippen LogP contribution in [0.2, 0.25) is 0 Å². The number of anilines is 1. The van der Waals surface area contributed by atoms with Crippen LogP contribution in [0.3, 0.4) is 0 Å². The Labute approximate surface area is 116 Å². The molecule has 4 nitrogen and oxygen atoms in total. The van der Waals surface area contributed by atoms with E-state index in [4.69, 9.17) is 4.74 Å². The van der Waals surface area contributed by atoms with Gasteiger partial charge in [-0.05, 0) is 25.6 Å². The van der Waals surface area contributed by atoms with Crippen LogP contribution in [-0.4, -0.2) is 35.4 Å². The van der Waals surface area contributed by atoms with Crippen molar-refractivity contribution in [2.75, 3.05) is 24.2 Å². The molecule has 1 aromatic heterocycles. The highest BCUT2D eigenvalue weighted by Crippen LogP contribution is 2.30. The molecular formula is C10H13F3N2O2S2. The highest BCUT2D eigenvalue weighted by molar-refractivity contribution is 8.00. The van der Waals surface area contributed by atoms with Crippen molar-refractivity contribution < 1.29 is 22.7 Å². The average molecular weight is 314 g/mol. The Morgan fingerprint density at radius 2 is 2.21 bits per heavy atom. The molecule has 0 saturated heterocycles. The van der Waals surface area contributed by atoms with Gasteiger partial charge in [-0.3, -0.25) is 0 Å². The number of esters is 1. The van der Waals surface area contributed by atoms with E-state index in [1.807, 2.05) is 0 Å². The zero-order chi connectivity index (χ0) is 14.5.